The van der Waals surface area contributed by atoms with E-state index in [4.69, 9.17) is 9.26 Å². The highest BCUT2D eigenvalue weighted by atomic mass is 16.5. The summed E-state index contributed by atoms with van der Waals surface area (Å²) in [6.07, 6.45) is 7.99. The third-order valence-corrected chi connectivity index (χ3v) is 4.81. The van der Waals surface area contributed by atoms with Crippen LogP contribution in [0.4, 0.5) is 0 Å². The minimum Gasteiger partial charge on any atom is -0.367 e. The molecule has 0 amide bonds. The van der Waals surface area contributed by atoms with Crippen molar-refractivity contribution in [1.82, 2.24) is 24.8 Å². The molecular weight excluding hydrogens is 294 g/mol. The molecule has 7 heteroatoms. The minimum atomic E-state index is -0.0876. The molecule has 2 atom stereocenters. The molecular formula is C16H21N5O2. The Labute approximate surface area is 134 Å². The van der Waals surface area contributed by atoms with Gasteiger partial charge in [-0.2, -0.15) is 10.1 Å². The second-order valence-corrected chi connectivity index (χ2v) is 6.25. The molecule has 7 nitrogen and oxygen atoms in total. The molecule has 2 aliphatic heterocycles. The van der Waals surface area contributed by atoms with Gasteiger partial charge in [0.2, 0.25) is 5.82 Å². The first kappa shape index (κ1) is 14.6. The largest absolute Gasteiger partial charge is 0.367 e. The Balaban J connectivity index is 1.45. The van der Waals surface area contributed by atoms with E-state index in [1.54, 1.807) is 0 Å². The normalized spacial score (nSPS) is 25.3. The van der Waals surface area contributed by atoms with Crippen molar-refractivity contribution in [2.45, 2.75) is 31.9 Å². The first-order valence-corrected chi connectivity index (χ1v) is 8.06. The van der Waals surface area contributed by atoms with Gasteiger partial charge in [0.05, 0.1) is 12.8 Å². The molecule has 122 valence electrons. The lowest BCUT2D eigenvalue weighted by Gasteiger charge is -2.33. The zero-order valence-electron chi connectivity index (χ0n) is 13.5. The molecule has 0 saturated carbocycles. The summed E-state index contributed by atoms with van der Waals surface area (Å²) >= 11 is 0. The fourth-order valence-electron chi connectivity index (χ4n) is 3.26. The van der Waals surface area contributed by atoms with Gasteiger partial charge in [-0.1, -0.05) is 5.16 Å². The van der Waals surface area contributed by atoms with E-state index in [9.17, 15) is 0 Å². The molecule has 2 saturated heterocycles. The van der Waals surface area contributed by atoms with E-state index in [1.165, 1.54) is 12.8 Å². The standard InChI is InChI=1S/C16H21N5O2/c1-11-12(8-17-20(11)2)5-6-15-18-16(19-23-15)14-9-21-7-3-4-13(21)10-22-14/h5-6,8,13-14H,3-4,7,9-10H2,1-2H3/t13-,14+/m0/s1. The molecule has 0 spiro atoms. The predicted molar refractivity (Wildman–Crippen MR) is 84.5 cm³/mol. The van der Waals surface area contributed by atoms with E-state index in [0.717, 1.165) is 31.0 Å². The van der Waals surface area contributed by atoms with Gasteiger partial charge >= 0.3 is 0 Å². The number of ether oxygens (including phenoxy) is 1. The first-order chi connectivity index (χ1) is 11.2. The molecule has 23 heavy (non-hydrogen) atoms. The average molecular weight is 315 g/mol. The Morgan fingerprint density at radius 2 is 2.26 bits per heavy atom. The van der Waals surface area contributed by atoms with Crippen LogP contribution in [-0.2, 0) is 11.8 Å². The topological polar surface area (TPSA) is 69.2 Å². The monoisotopic (exact) mass is 315 g/mol. The molecule has 0 N–H and O–H groups in total. The van der Waals surface area contributed by atoms with Gasteiger partial charge in [0.1, 0.15) is 6.10 Å². The van der Waals surface area contributed by atoms with Gasteiger partial charge in [0.15, 0.2) is 0 Å². The Kier molecular flexibility index (Phi) is 3.74. The van der Waals surface area contributed by atoms with Crippen molar-refractivity contribution in [2.75, 3.05) is 19.7 Å². The van der Waals surface area contributed by atoms with Crippen LogP contribution in [0.1, 0.15) is 41.9 Å². The van der Waals surface area contributed by atoms with Crippen LogP contribution in [0.15, 0.2) is 10.7 Å². The van der Waals surface area contributed by atoms with E-state index < -0.39 is 0 Å². The van der Waals surface area contributed by atoms with Crippen LogP contribution in [-0.4, -0.2) is 50.6 Å². The summed E-state index contributed by atoms with van der Waals surface area (Å²) in [4.78, 5) is 6.93. The van der Waals surface area contributed by atoms with Crippen LogP contribution in [0.25, 0.3) is 12.2 Å². The lowest BCUT2D eigenvalue weighted by atomic mass is 10.2. The van der Waals surface area contributed by atoms with E-state index in [1.807, 2.05) is 37.0 Å². The number of rotatable bonds is 3. The van der Waals surface area contributed by atoms with Crippen molar-refractivity contribution in [1.29, 1.82) is 0 Å². The second kappa shape index (κ2) is 5.90. The number of hydrogen-bond donors (Lipinski definition) is 0. The zero-order chi connectivity index (χ0) is 15.8. The molecule has 2 aliphatic rings. The van der Waals surface area contributed by atoms with Gasteiger partial charge in [-0.25, -0.2) is 0 Å². The lowest BCUT2D eigenvalue weighted by molar-refractivity contribution is -0.0548. The Morgan fingerprint density at radius 1 is 1.35 bits per heavy atom. The molecule has 0 aliphatic carbocycles. The number of aryl methyl sites for hydroxylation is 1. The summed E-state index contributed by atoms with van der Waals surface area (Å²) in [7, 11) is 1.92. The highest BCUT2D eigenvalue weighted by molar-refractivity contribution is 5.66. The third-order valence-electron chi connectivity index (χ3n) is 4.81. The Hall–Kier alpha value is -1.99. The van der Waals surface area contributed by atoms with Crippen LogP contribution in [0.5, 0.6) is 0 Å². The summed E-state index contributed by atoms with van der Waals surface area (Å²) in [5.41, 5.74) is 2.14. The summed E-state index contributed by atoms with van der Waals surface area (Å²) in [5, 5.41) is 8.30. The van der Waals surface area contributed by atoms with E-state index in [-0.39, 0.29) is 6.10 Å². The van der Waals surface area contributed by atoms with Crippen LogP contribution in [0, 0.1) is 6.92 Å². The highest BCUT2D eigenvalue weighted by Gasteiger charge is 2.34. The van der Waals surface area contributed by atoms with Gasteiger partial charge in [-0.15, -0.1) is 0 Å². The maximum Gasteiger partial charge on any atom is 0.250 e. The van der Waals surface area contributed by atoms with E-state index in [0.29, 0.717) is 17.8 Å². The molecule has 4 heterocycles. The highest BCUT2D eigenvalue weighted by Crippen LogP contribution is 2.28. The summed E-state index contributed by atoms with van der Waals surface area (Å²) in [5.74, 6) is 1.13. The van der Waals surface area contributed by atoms with Gasteiger partial charge in [0.25, 0.3) is 5.89 Å². The molecule has 2 aromatic rings. The van der Waals surface area contributed by atoms with Crippen molar-refractivity contribution < 1.29 is 9.26 Å². The van der Waals surface area contributed by atoms with Crippen molar-refractivity contribution in [3.05, 3.63) is 29.2 Å². The Bertz CT molecular complexity index is 720. The molecule has 0 unspecified atom stereocenters. The molecule has 4 rings (SSSR count). The van der Waals surface area contributed by atoms with Crippen LogP contribution in [0.2, 0.25) is 0 Å². The molecule has 2 aromatic heterocycles. The summed E-state index contributed by atoms with van der Waals surface area (Å²) in [6, 6.07) is 0.575. The second-order valence-electron chi connectivity index (χ2n) is 6.25. The van der Waals surface area contributed by atoms with Crippen molar-refractivity contribution in [2.24, 2.45) is 7.05 Å². The molecule has 2 fully saturated rings. The smallest absolute Gasteiger partial charge is 0.250 e. The third kappa shape index (κ3) is 2.82. The summed E-state index contributed by atoms with van der Waals surface area (Å²) < 4.78 is 13.1. The Morgan fingerprint density at radius 3 is 3.09 bits per heavy atom. The minimum absolute atomic E-state index is 0.0876. The quantitative estimate of drug-likeness (QED) is 0.860. The fraction of sp³-hybridized carbons (Fsp3) is 0.562. The summed E-state index contributed by atoms with van der Waals surface area (Å²) in [6.45, 7) is 4.79. The van der Waals surface area contributed by atoms with Gasteiger partial charge < -0.3 is 9.26 Å². The van der Waals surface area contributed by atoms with E-state index >= 15 is 0 Å². The average Bonchev–Trinajstić information content (AvgIpc) is 3.27. The first-order valence-electron chi connectivity index (χ1n) is 8.06. The molecule has 0 bridgehead atoms. The predicted octanol–water partition coefficient (Wildman–Crippen LogP) is 1.82. The van der Waals surface area contributed by atoms with Crippen molar-refractivity contribution >= 4 is 12.2 Å². The lowest BCUT2D eigenvalue weighted by Crippen LogP contribution is -2.42. The van der Waals surface area contributed by atoms with Crippen LogP contribution < -0.4 is 0 Å². The molecule has 0 aromatic carbocycles. The van der Waals surface area contributed by atoms with E-state index in [2.05, 4.69) is 20.1 Å². The van der Waals surface area contributed by atoms with Crippen LogP contribution >= 0.6 is 0 Å². The number of hydrogen-bond acceptors (Lipinski definition) is 6. The number of aromatic nitrogens is 4. The van der Waals surface area contributed by atoms with Crippen molar-refractivity contribution in [3.8, 4) is 0 Å². The van der Waals surface area contributed by atoms with Gasteiger partial charge in [-0.05, 0) is 32.4 Å². The maximum atomic E-state index is 5.91. The fourth-order valence-corrected chi connectivity index (χ4v) is 3.26. The van der Waals surface area contributed by atoms with Gasteiger partial charge in [-0.3, -0.25) is 9.58 Å². The maximum absolute atomic E-state index is 5.91. The SMILES string of the molecule is Cc1c(C=Cc2nc([C@H]3CN4CCC[C@H]4CO3)no2)cnn1C. The van der Waals surface area contributed by atoms with Crippen molar-refractivity contribution in [3.63, 3.8) is 0 Å². The number of nitrogens with zero attached hydrogens (tertiary/aromatic N) is 5. The molecule has 0 radical (unpaired) electrons. The number of morpholine rings is 1. The van der Waals surface area contributed by atoms with Gasteiger partial charge in [0, 0.05) is 37.0 Å². The number of fused-ring (bicyclic) bond motifs is 1. The van der Waals surface area contributed by atoms with Crippen LogP contribution in [0.3, 0.4) is 0 Å². The zero-order valence-corrected chi connectivity index (χ0v) is 13.5.